The monoisotopic (exact) mass is 197 g/mol. The molecule has 1 aromatic carbocycles. The van der Waals surface area contributed by atoms with Crippen LogP contribution in [0.15, 0.2) is 23.1 Å². The highest BCUT2D eigenvalue weighted by atomic mass is 32.2. The molecule has 0 saturated heterocycles. The van der Waals surface area contributed by atoms with Crippen LogP contribution in [0, 0.1) is 10.1 Å². The van der Waals surface area contributed by atoms with Crippen LogP contribution in [0.25, 0.3) is 0 Å². The lowest BCUT2D eigenvalue weighted by Crippen LogP contribution is -2.20. The number of nitro groups is 1. The SMILES string of the molecule is NC1Nc2ccc([N+](=O)[O-])cc2S1. The molecule has 6 heteroatoms. The van der Waals surface area contributed by atoms with E-state index >= 15 is 0 Å². The van der Waals surface area contributed by atoms with E-state index in [9.17, 15) is 10.1 Å². The number of hydrogen-bond donors (Lipinski definition) is 2. The number of thioether (sulfide) groups is 1. The number of nitrogens with zero attached hydrogens (tertiary/aromatic N) is 1. The molecule has 1 heterocycles. The summed E-state index contributed by atoms with van der Waals surface area (Å²) in [6.45, 7) is 0. The third-order valence-corrected chi connectivity index (χ3v) is 2.69. The summed E-state index contributed by atoms with van der Waals surface area (Å²) in [6.07, 6.45) is 0. The predicted octanol–water partition coefficient (Wildman–Crippen LogP) is 1.35. The van der Waals surface area contributed by atoms with Crippen molar-refractivity contribution < 1.29 is 4.92 Å². The van der Waals surface area contributed by atoms with Gasteiger partial charge in [-0.1, -0.05) is 11.8 Å². The number of fused-ring (bicyclic) bond motifs is 1. The van der Waals surface area contributed by atoms with E-state index in [1.54, 1.807) is 6.07 Å². The summed E-state index contributed by atoms with van der Waals surface area (Å²) in [5.74, 6) is 0. The van der Waals surface area contributed by atoms with Crippen LogP contribution in [0.1, 0.15) is 0 Å². The van der Waals surface area contributed by atoms with Crippen molar-refractivity contribution >= 4 is 23.1 Å². The molecule has 0 aromatic heterocycles. The van der Waals surface area contributed by atoms with Crippen molar-refractivity contribution in [3.05, 3.63) is 28.3 Å². The predicted molar refractivity (Wildman–Crippen MR) is 50.6 cm³/mol. The summed E-state index contributed by atoms with van der Waals surface area (Å²) < 4.78 is 0. The molecule has 68 valence electrons. The molecule has 0 bridgehead atoms. The van der Waals surface area contributed by atoms with Gasteiger partial charge in [-0.3, -0.25) is 10.1 Å². The van der Waals surface area contributed by atoms with Crippen LogP contribution in [0.4, 0.5) is 11.4 Å². The lowest BCUT2D eigenvalue weighted by atomic mass is 10.3. The van der Waals surface area contributed by atoms with Gasteiger partial charge in [0.2, 0.25) is 0 Å². The minimum atomic E-state index is -0.412. The van der Waals surface area contributed by atoms with E-state index in [4.69, 9.17) is 5.73 Å². The van der Waals surface area contributed by atoms with Gasteiger partial charge in [-0.05, 0) is 6.07 Å². The Morgan fingerprint density at radius 2 is 2.38 bits per heavy atom. The Balaban J connectivity index is 2.40. The molecule has 0 saturated carbocycles. The molecular weight excluding hydrogens is 190 g/mol. The number of non-ortho nitro benzene ring substituents is 1. The molecule has 0 radical (unpaired) electrons. The van der Waals surface area contributed by atoms with Crippen molar-refractivity contribution in [2.75, 3.05) is 5.32 Å². The quantitative estimate of drug-likeness (QED) is 0.524. The van der Waals surface area contributed by atoms with Gasteiger partial charge in [0.15, 0.2) is 0 Å². The molecule has 0 fully saturated rings. The van der Waals surface area contributed by atoms with Gasteiger partial charge in [-0.2, -0.15) is 0 Å². The molecule has 0 spiro atoms. The van der Waals surface area contributed by atoms with Crippen molar-refractivity contribution in [3.8, 4) is 0 Å². The standard InChI is InChI=1S/C7H7N3O2S/c8-7-9-5-2-1-4(10(11)12)3-6(5)13-7/h1-3,7,9H,8H2. The fourth-order valence-electron chi connectivity index (χ4n) is 1.16. The summed E-state index contributed by atoms with van der Waals surface area (Å²) in [7, 11) is 0. The number of benzene rings is 1. The maximum Gasteiger partial charge on any atom is 0.270 e. The summed E-state index contributed by atoms with van der Waals surface area (Å²) in [5.41, 5.74) is 6.36. The smallest absolute Gasteiger partial charge is 0.270 e. The largest absolute Gasteiger partial charge is 0.360 e. The van der Waals surface area contributed by atoms with Crippen molar-refractivity contribution in [3.63, 3.8) is 0 Å². The second-order valence-corrected chi connectivity index (χ2v) is 3.80. The van der Waals surface area contributed by atoms with Crippen LogP contribution in [-0.2, 0) is 0 Å². The average molecular weight is 197 g/mol. The van der Waals surface area contributed by atoms with Gasteiger partial charge in [0.25, 0.3) is 5.69 Å². The lowest BCUT2D eigenvalue weighted by molar-refractivity contribution is -0.385. The van der Waals surface area contributed by atoms with Gasteiger partial charge in [-0.25, -0.2) is 0 Å². The zero-order valence-corrected chi connectivity index (χ0v) is 7.38. The summed E-state index contributed by atoms with van der Waals surface area (Å²) in [5, 5.41) is 13.4. The van der Waals surface area contributed by atoms with Crippen LogP contribution >= 0.6 is 11.8 Å². The Morgan fingerprint density at radius 1 is 1.62 bits per heavy atom. The first kappa shape index (κ1) is 8.33. The molecule has 1 unspecified atom stereocenters. The van der Waals surface area contributed by atoms with Gasteiger partial charge in [0.05, 0.1) is 10.6 Å². The average Bonchev–Trinajstić information content (AvgIpc) is 2.42. The van der Waals surface area contributed by atoms with Crippen LogP contribution in [0.2, 0.25) is 0 Å². The Hall–Kier alpha value is -1.27. The van der Waals surface area contributed by atoms with Crippen LogP contribution < -0.4 is 11.1 Å². The molecule has 1 atom stereocenters. The molecule has 5 nitrogen and oxygen atoms in total. The number of hydrogen-bond acceptors (Lipinski definition) is 5. The molecule has 1 aromatic rings. The van der Waals surface area contributed by atoms with Gasteiger partial charge in [-0.15, -0.1) is 0 Å². The first-order valence-corrected chi connectivity index (χ1v) is 4.52. The third-order valence-electron chi connectivity index (χ3n) is 1.73. The van der Waals surface area contributed by atoms with E-state index in [2.05, 4.69) is 5.32 Å². The zero-order chi connectivity index (χ0) is 9.42. The molecule has 13 heavy (non-hydrogen) atoms. The van der Waals surface area contributed by atoms with E-state index in [-0.39, 0.29) is 11.2 Å². The van der Waals surface area contributed by atoms with Crippen molar-refractivity contribution in [1.82, 2.24) is 0 Å². The second-order valence-electron chi connectivity index (χ2n) is 2.62. The Morgan fingerprint density at radius 3 is 3.08 bits per heavy atom. The highest BCUT2D eigenvalue weighted by molar-refractivity contribution is 8.00. The van der Waals surface area contributed by atoms with E-state index in [1.165, 1.54) is 23.9 Å². The molecule has 1 aliphatic heterocycles. The minimum Gasteiger partial charge on any atom is -0.360 e. The fourth-order valence-corrected chi connectivity index (χ4v) is 2.06. The van der Waals surface area contributed by atoms with Crippen molar-refractivity contribution in [2.24, 2.45) is 5.73 Å². The normalized spacial score (nSPS) is 19.3. The van der Waals surface area contributed by atoms with E-state index < -0.39 is 4.92 Å². The van der Waals surface area contributed by atoms with Gasteiger partial charge in [0.1, 0.15) is 5.50 Å². The van der Waals surface area contributed by atoms with Crippen molar-refractivity contribution in [2.45, 2.75) is 10.4 Å². The minimum absolute atomic E-state index is 0.0992. The Labute approximate surface area is 78.5 Å². The Kier molecular flexibility index (Phi) is 1.86. The molecular formula is C7H7N3O2S. The van der Waals surface area contributed by atoms with Crippen LogP contribution in [0.3, 0.4) is 0 Å². The maximum atomic E-state index is 10.4. The van der Waals surface area contributed by atoms with E-state index in [0.29, 0.717) is 0 Å². The molecule has 3 N–H and O–H groups in total. The van der Waals surface area contributed by atoms with Gasteiger partial charge < -0.3 is 11.1 Å². The first-order valence-electron chi connectivity index (χ1n) is 3.64. The zero-order valence-electron chi connectivity index (χ0n) is 6.56. The van der Waals surface area contributed by atoms with Crippen LogP contribution in [-0.4, -0.2) is 10.4 Å². The first-order chi connectivity index (χ1) is 6.16. The molecule has 0 amide bonds. The topological polar surface area (TPSA) is 81.2 Å². The maximum absolute atomic E-state index is 10.4. The highest BCUT2D eigenvalue weighted by Gasteiger charge is 2.20. The third kappa shape index (κ3) is 1.45. The number of nitrogens with two attached hydrogens (primary N) is 1. The van der Waals surface area contributed by atoms with Crippen LogP contribution in [0.5, 0.6) is 0 Å². The summed E-state index contributed by atoms with van der Waals surface area (Å²) in [6, 6.07) is 4.66. The molecule has 1 aliphatic rings. The number of nitro benzene ring substituents is 1. The lowest BCUT2D eigenvalue weighted by Gasteiger charge is -1.99. The van der Waals surface area contributed by atoms with Gasteiger partial charge in [0, 0.05) is 17.0 Å². The van der Waals surface area contributed by atoms with Gasteiger partial charge >= 0.3 is 0 Å². The number of rotatable bonds is 1. The highest BCUT2D eigenvalue weighted by Crippen LogP contribution is 2.38. The summed E-state index contributed by atoms with van der Waals surface area (Å²) >= 11 is 1.38. The second kappa shape index (κ2) is 2.90. The molecule has 2 rings (SSSR count). The van der Waals surface area contributed by atoms with Crippen molar-refractivity contribution in [1.29, 1.82) is 0 Å². The Bertz CT molecular complexity index is 369. The number of nitrogens with one attached hydrogen (secondary N) is 1. The van der Waals surface area contributed by atoms with E-state index in [1.807, 2.05) is 0 Å². The summed E-state index contributed by atoms with van der Waals surface area (Å²) in [4.78, 5) is 10.8. The fraction of sp³-hybridized carbons (Fsp3) is 0.143. The molecule has 0 aliphatic carbocycles. The van der Waals surface area contributed by atoms with E-state index in [0.717, 1.165) is 10.6 Å². The number of anilines is 1.